The van der Waals surface area contributed by atoms with Gasteiger partial charge in [0.05, 0.1) is 12.2 Å². The van der Waals surface area contributed by atoms with Crippen LogP contribution in [-0.2, 0) is 6.54 Å². The highest BCUT2D eigenvalue weighted by atomic mass is 16.2. The van der Waals surface area contributed by atoms with Gasteiger partial charge >= 0.3 is 6.03 Å². The Balaban J connectivity index is 1.78. The van der Waals surface area contributed by atoms with E-state index in [0.29, 0.717) is 13.1 Å². The lowest BCUT2D eigenvalue weighted by atomic mass is 10.2. The van der Waals surface area contributed by atoms with Crippen LogP contribution in [0.15, 0.2) is 36.7 Å². The Kier molecular flexibility index (Phi) is 5.94. The molecule has 6 heteroatoms. The fraction of sp³-hybridized carbons (Fsp3) is 0.438. The molecular formula is C16H23N5O. The third-order valence-corrected chi connectivity index (χ3v) is 3.52. The van der Waals surface area contributed by atoms with Gasteiger partial charge in [0, 0.05) is 25.0 Å². The first-order valence-corrected chi connectivity index (χ1v) is 7.72. The van der Waals surface area contributed by atoms with E-state index in [0.717, 1.165) is 24.2 Å². The van der Waals surface area contributed by atoms with Crippen molar-refractivity contribution < 1.29 is 4.79 Å². The van der Waals surface area contributed by atoms with Gasteiger partial charge in [-0.1, -0.05) is 19.9 Å². The van der Waals surface area contributed by atoms with Gasteiger partial charge in [-0.15, -0.1) is 0 Å². The molecule has 0 atom stereocenters. The lowest BCUT2D eigenvalue weighted by Crippen LogP contribution is -2.42. The van der Waals surface area contributed by atoms with Crippen LogP contribution >= 0.6 is 0 Å². The maximum absolute atomic E-state index is 11.7. The van der Waals surface area contributed by atoms with Crippen molar-refractivity contribution in [1.29, 1.82) is 0 Å². The summed E-state index contributed by atoms with van der Waals surface area (Å²) < 4.78 is 1.81. The van der Waals surface area contributed by atoms with Gasteiger partial charge in [0.25, 0.3) is 0 Å². The molecule has 0 spiro atoms. The third kappa shape index (κ3) is 4.58. The van der Waals surface area contributed by atoms with Crippen LogP contribution < -0.4 is 10.6 Å². The van der Waals surface area contributed by atoms with E-state index >= 15 is 0 Å². The minimum atomic E-state index is -0.120. The Morgan fingerprint density at radius 2 is 2.05 bits per heavy atom. The zero-order valence-electron chi connectivity index (χ0n) is 13.1. The Bertz CT molecular complexity index is 577. The minimum absolute atomic E-state index is 0.120. The van der Waals surface area contributed by atoms with Gasteiger partial charge in [-0.25, -0.2) is 4.79 Å². The maximum atomic E-state index is 11.7. The molecule has 2 heterocycles. The van der Waals surface area contributed by atoms with Crippen molar-refractivity contribution in [3.63, 3.8) is 0 Å². The Morgan fingerprint density at radius 1 is 1.23 bits per heavy atom. The summed E-state index contributed by atoms with van der Waals surface area (Å²) in [5, 5.41) is 10.2. The average molecular weight is 301 g/mol. The molecule has 0 bridgehead atoms. The van der Waals surface area contributed by atoms with E-state index in [1.54, 1.807) is 10.9 Å². The molecule has 6 nitrogen and oxygen atoms in total. The van der Waals surface area contributed by atoms with Crippen molar-refractivity contribution in [3.05, 3.63) is 36.7 Å². The molecule has 2 aromatic rings. The van der Waals surface area contributed by atoms with Gasteiger partial charge in [0.1, 0.15) is 5.69 Å². The fourth-order valence-electron chi connectivity index (χ4n) is 2.15. The molecule has 0 aliphatic rings. The van der Waals surface area contributed by atoms with Crippen molar-refractivity contribution in [2.24, 2.45) is 0 Å². The molecule has 2 aromatic heterocycles. The molecule has 0 saturated heterocycles. The number of urea groups is 1. The number of carbonyl (C=O) groups is 1. The van der Waals surface area contributed by atoms with E-state index in [9.17, 15) is 4.79 Å². The number of hydrogen-bond acceptors (Lipinski definition) is 3. The SMILES string of the molecule is CCC(CC)NC(=O)NCCn1ccc(-c2ccccn2)n1. The first kappa shape index (κ1) is 16.0. The highest BCUT2D eigenvalue weighted by Gasteiger charge is 2.07. The fourth-order valence-corrected chi connectivity index (χ4v) is 2.15. The largest absolute Gasteiger partial charge is 0.336 e. The monoisotopic (exact) mass is 301 g/mol. The quantitative estimate of drug-likeness (QED) is 0.825. The molecule has 0 aromatic carbocycles. The van der Waals surface area contributed by atoms with Crippen molar-refractivity contribution in [2.45, 2.75) is 39.3 Å². The van der Waals surface area contributed by atoms with Crippen LogP contribution in [0.25, 0.3) is 11.4 Å². The van der Waals surface area contributed by atoms with Crippen molar-refractivity contribution >= 4 is 6.03 Å². The van der Waals surface area contributed by atoms with Gasteiger partial charge < -0.3 is 10.6 Å². The van der Waals surface area contributed by atoms with Crippen LogP contribution in [0.4, 0.5) is 4.79 Å². The zero-order chi connectivity index (χ0) is 15.8. The Morgan fingerprint density at radius 3 is 2.73 bits per heavy atom. The van der Waals surface area contributed by atoms with Gasteiger partial charge in [-0.2, -0.15) is 5.10 Å². The maximum Gasteiger partial charge on any atom is 0.315 e. The molecule has 0 fully saturated rings. The van der Waals surface area contributed by atoms with Gasteiger partial charge in [0.15, 0.2) is 0 Å². The zero-order valence-corrected chi connectivity index (χ0v) is 13.1. The predicted octanol–water partition coefficient (Wildman–Crippen LogP) is 2.43. The van der Waals surface area contributed by atoms with E-state index in [-0.39, 0.29) is 12.1 Å². The Hall–Kier alpha value is -2.37. The molecule has 2 rings (SSSR count). The minimum Gasteiger partial charge on any atom is -0.336 e. The summed E-state index contributed by atoms with van der Waals surface area (Å²) >= 11 is 0. The number of aromatic nitrogens is 3. The molecule has 0 aliphatic heterocycles. The summed E-state index contributed by atoms with van der Waals surface area (Å²) in [7, 11) is 0. The number of rotatable bonds is 7. The van der Waals surface area contributed by atoms with E-state index in [1.165, 1.54) is 0 Å². The first-order valence-electron chi connectivity index (χ1n) is 7.72. The molecule has 0 radical (unpaired) electrons. The molecule has 22 heavy (non-hydrogen) atoms. The summed E-state index contributed by atoms with van der Waals surface area (Å²) in [5.74, 6) is 0. The second-order valence-corrected chi connectivity index (χ2v) is 5.09. The highest BCUT2D eigenvalue weighted by Crippen LogP contribution is 2.12. The van der Waals surface area contributed by atoms with E-state index < -0.39 is 0 Å². The van der Waals surface area contributed by atoms with E-state index in [2.05, 4.69) is 34.6 Å². The number of hydrogen-bond donors (Lipinski definition) is 2. The molecule has 2 amide bonds. The van der Waals surface area contributed by atoms with Crippen LogP contribution in [0.3, 0.4) is 0 Å². The first-order chi connectivity index (χ1) is 10.7. The lowest BCUT2D eigenvalue weighted by Gasteiger charge is -2.15. The molecule has 0 unspecified atom stereocenters. The third-order valence-electron chi connectivity index (χ3n) is 3.52. The smallest absolute Gasteiger partial charge is 0.315 e. The summed E-state index contributed by atoms with van der Waals surface area (Å²) in [6.07, 6.45) is 5.52. The van der Waals surface area contributed by atoms with Gasteiger partial charge in [-0.3, -0.25) is 9.67 Å². The average Bonchev–Trinajstić information content (AvgIpc) is 3.02. The predicted molar refractivity (Wildman–Crippen MR) is 86.4 cm³/mol. The summed E-state index contributed by atoms with van der Waals surface area (Å²) in [5.41, 5.74) is 1.68. The van der Waals surface area contributed by atoms with Crippen LogP contribution in [-0.4, -0.2) is 33.4 Å². The normalized spacial score (nSPS) is 10.7. The molecule has 0 aliphatic carbocycles. The van der Waals surface area contributed by atoms with Gasteiger partial charge in [0.2, 0.25) is 0 Å². The number of amides is 2. The van der Waals surface area contributed by atoms with Crippen molar-refractivity contribution in [1.82, 2.24) is 25.4 Å². The second-order valence-electron chi connectivity index (χ2n) is 5.09. The summed E-state index contributed by atoms with van der Waals surface area (Å²) in [6.45, 7) is 5.30. The van der Waals surface area contributed by atoms with Gasteiger partial charge in [-0.05, 0) is 31.0 Å². The van der Waals surface area contributed by atoms with Crippen LogP contribution in [0.1, 0.15) is 26.7 Å². The standard InChI is InChI=1S/C16H23N5O/c1-3-13(4-2)19-16(22)18-10-12-21-11-8-15(20-21)14-7-5-6-9-17-14/h5-9,11,13H,3-4,10,12H2,1-2H3,(H2,18,19,22). The topological polar surface area (TPSA) is 71.8 Å². The number of nitrogens with zero attached hydrogens (tertiary/aromatic N) is 3. The summed E-state index contributed by atoms with van der Waals surface area (Å²) in [4.78, 5) is 16.0. The number of carbonyl (C=O) groups excluding carboxylic acids is 1. The lowest BCUT2D eigenvalue weighted by molar-refractivity contribution is 0.235. The van der Waals surface area contributed by atoms with Crippen LogP contribution in [0, 0.1) is 0 Å². The number of pyridine rings is 1. The Labute approximate surface area is 130 Å². The van der Waals surface area contributed by atoms with Crippen LogP contribution in [0.2, 0.25) is 0 Å². The van der Waals surface area contributed by atoms with Crippen LogP contribution in [0.5, 0.6) is 0 Å². The molecule has 2 N–H and O–H groups in total. The molecular weight excluding hydrogens is 278 g/mol. The van der Waals surface area contributed by atoms with Crippen molar-refractivity contribution in [2.75, 3.05) is 6.54 Å². The molecule has 118 valence electrons. The van der Waals surface area contributed by atoms with E-state index in [4.69, 9.17) is 0 Å². The summed E-state index contributed by atoms with van der Waals surface area (Å²) in [6, 6.07) is 7.78. The highest BCUT2D eigenvalue weighted by molar-refractivity contribution is 5.74. The molecule has 0 saturated carbocycles. The van der Waals surface area contributed by atoms with E-state index in [1.807, 2.05) is 30.5 Å². The second kappa shape index (κ2) is 8.17. The van der Waals surface area contributed by atoms with Crippen molar-refractivity contribution in [3.8, 4) is 11.4 Å². The number of nitrogens with one attached hydrogen (secondary N) is 2.